The van der Waals surface area contributed by atoms with E-state index in [0.29, 0.717) is 13.1 Å². The molecule has 0 saturated carbocycles. The highest BCUT2D eigenvalue weighted by atomic mass is 15.0. The Morgan fingerprint density at radius 2 is 1.88 bits per heavy atom. The number of nitrogens with two attached hydrogens (primary N) is 1. The van der Waals surface area contributed by atoms with Gasteiger partial charge < -0.3 is 11.1 Å². The van der Waals surface area contributed by atoms with Crippen molar-refractivity contribution in [1.29, 1.82) is 0 Å². The minimum absolute atomic E-state index is 0.562. The van der Waals surface area contributed by atoms with Crippen LogP contribution in [-0.4, -0.2) is 23.1 Å². The molecular formula is C20H22N4. The summed E-state index contributed by atoms with van der Waals surface area (Å²) < 4.78 is 0. The van der Waals surface area contributed by atoms with Crippen LogP contribution in [0.1, 0.15) is 11.1 Å². The van der Waals surface area contributed by atoms with Crippen molar-refractivity contribution >= 4 is 5.69 Å². The van der Waals surface area contributed by atoms with Gasteiger partial charge in [-0.05, 0) is 25.5 Å². The molecule has 0 spiro atoms. The first-order chi connectivity index (χ1) is 11.7. The summed E-state index contributed by atoms with van der Waals surface area (Å²) in [5.74, 6) is 0.739. The third-order valence-corrected chi connectivity index (χ3v) is 3.93. The fourth-order valence-electron chi connectivity index (χ4n) is 2.68. The van der Waals surface area contributed by atoms with Gasteiger partial charge in [-0.1, -0.05) is 48.0 Å². The number of nitrogens with zero attached hydrogens (tertiary/aromatic N) is 2. The molecule has 3 aromatic rings. The molecule has 0 saturated heterocycles. The van der Waals surface area contributed by atoms with Crippen molar-refractivity contribution in [2.75, 3.05) is 18.4 Å². The minimum Gasteiger partial charge on any atom is -0.381 e. The summed E-state index contributed by atoms with van der Waals surface area (Å²) in [6.45, 7) is 5.41. The lowest BCUT2D eigenvalue weighted by molar-refractivity contribution is 1.02. The summed E-state index contributed by atoms with van der Waals surface area (Å²) in [5.41, 5.74) is 11.9. The molecule has 0 aliphatic carbocycles. The van der Waals surface area contributed by atoms with Crippen molar-refractivity contribution in [2.45, 2.75) is 13.8 Å². The number of aromatic nitrogens is 2. The Hall–Kier alpha value is -2.72. The van der Waals surface area contributed by atoms with Gasteiger partial charge in [0, 0.05) is 24.2 Å². The molecule has 0 bridgehead atoms. The molecule has 0 aliphatic heterocycles. The number of aryl methyl sites for hydroxylation is 2. The molecule has 122 valence electrons. The van der Waals surface area contributed by atoms with Crippen molar-refractivity contribution in [3.8, 4) is 22.6 Å². The van der Waals surface area contributed by atoms with Gasteiger partial charge >= 0.3 is 0 Å². The predicted octanol–water partition coefficient (Wildman–Crippen LogP) is 3.80. The molecule has 0 atom stereocenters. The molecule has 3 N–H and O–H groups in total. The zero-order valence-electron chi connectivity index (χ0n) is 14.1. The second-order valence-electron chi connectivity index (χ2n) is 5.86. The van der Waals surface area contributed by atoms with Crippen LogP contribution in [0.2, 0.25) is 0 Å². The largest absolute Gasteiger partial charge is 0.381 e. The van der Waals surface area contributed by atoms with Crippen molar-refractivity contribution < 1.29 is 0 Å². The van der Waals surface area contributed by atoms with Crippen LogP contribution >= 0.6 is 0 Å². The van der Waals surface area contributed by atoms with Gasteiger partial charge in [-0.25, -0.2) is 9.97 Å². The van der Waals surface area contributed by atoms with Gasteiger partial charge in [0.15, 0.2) is 5.82 Å². The second kappa shape index (κ2) is 7.23. The first kappa shape index (κ1) is 16.1. The summed E-state index contributed by atoms with van der Waals surface area (Å²) in [6.07, 6.45) is 1.85. The monoisotopic (exact) mass is 318 g/mol. The normalized spacial score (nSPS) is 10.6. The lowest BCUT2D eigenvalue weighted by Gasteiger charge is -2.13. The van der Waals surface area contributed by atoms with Crippen molar-refractivity contribution in [2.24, 2.45) is 5.73 Å². The summed E-state index contributed by atoms with van der Waals surface area (Å²) >= 11 is 0. The van der Waals surface area contributed by atoms with E-state index >= 15 is 0 Å². The second-order valence-corrected chi connectivity index (χ2v) is 5.86. The molecule has 1 aromatic heterocycles. The fourth-order valence-corrected chi connectivity index (χ4v) is 2.68. The first-order valence-electron chi connectivity index (χ1n) is 8.13. The van der Waals surface area contributed by atoms with Gasteiger partial charge in [0.1, 0.15) is 0 Å². The molecule has 24 heavy (non-hydrogen) atoms. The fraction of sp³-hybridized carbons (Fsp3) is 0.200. The number of rotatable bonds is 5. The van der Waals surface area contributed by atoms with E-state index in [1.54, 1.807) is 0 Å². The first-order valence-corrected chi connectivity index (χ1v) is 8.13. The predicted molar refractivity (Wildman–Crippen MR) is 99.9 cm³/mol. The topological polar surface area (TPSA) is 63.8 Å². The van der Waals surface area contributed by atoms with Crippen LogP contribution in [-0.2, 0) is 0 Å². The van der Waals surface area contributed by atoms with E-state index in [9.17, 15) is 0 Å². The van der Waals surface area contributed by atoms with E-state index in [2.05, 4.69) is 54.5 Å². The Morgan fingerprint density at radius 3 is 2.62 bits per heavy atom. The van der Waals surface area contributed by atoms with Crippen LogP contribution in [0.4, 0.5) is 5.69 Å². The smallest absolute Gasteiger partial charge is 0.160 e. The van der Waals surface area contributed by atoms with Gasteiger partial charge in [-0.3, -0.25) is 0 Å². The van der Waals surface area contributed by atoms with E-state index in [1.807, 2.05) is 24.4 Å². The Morgan fingerprint density at radius 1 is 1.04 bits per heavy atom. The maximum absolute atomic E-state index is 5.63. The third-order valence-electron chi connectivity index (χ3n) is 3.93. The van der Waals surface area contributed by atoms with E-state index < -0.39 is 0 Å². The van der Waals surface area contributed by atoms with Crippen molar-refractivity contribution in [3.05, 3.63) is 65.9 Å². The lowest BCUT2D eigenvalue weighted by Crippen LogP contribution is -2.14. The quantitative estimate of drug-likeness (QED) is 0.751. The highest BCUT2D eigenvalue weighted by Gasteiger charge is 2.12. The minimum atomic E-state index is 0.562. The number of hydrogen-bond acceptors (Lipinski definition) is 4. The Balaban J connectivity index is 2.12. The summed E-state index contributed by atoms with van der Waals surface area (Å²) in [7, 11) is 0. The molecule has 0 radical (unpaired) electrons. The molecule has 0 fully saturated rings. The molecule has 3 rings (SSSR count). The van der Waals surface area contributed by atoms with Crippen LogP contribution in [0.15, 0.2) is 54.7 Å². The molecule has 4 nitrogen and oxygen atoms in total. The number of nitrogens with one attached hydrogen (secondary N) is 1. The van der Waals surface area contributed by atoms with E-state index in [-0.39, 0.29) is 0 Å². The highest BCUT2D eigenvalue weighted by Crippen LogP contribution is 2.29. The van der Waals surface area contributed by atoms with Crippen molar-refractivity contribution in [1.82, 2.24) is 9.97 Å². The number of anilines is 1. The summed E-state index contributed by atoms with van der Waals surface area (Å²) in [5, 5.41) is 3.32. The maximum Gasteiger partial charge on any atom is 0.160 e. The average molecular weight is 318 g/mol. The lowest BCUT2D eigenvalue weighted by atomic mass is 10.1. The molecule has 0 unspecified atom stereocenters. The number of benzene rings is 2. The third kappa shape index (κ3) is 3.44. The average Bonchev–Trinajstić information content (AvgIpc) is 2.60. The summed E-state index contributed by atoms with van der Waals surface area (Å²) in [4.78, 5) is 9.41. The van der Waals surface area contributed by atoms with Gasteiger partial charge in [-0.15, -0.1) is 0 Å². The molecule has 0 aliphatic rings. The van der Waals surface area contributed by atoms with Gasteiger partial charge in [0.05, 0.1) is 17.6 Å². The van der Waals surface area contributed by atoms with Gasteiger partial charge in [-0.2, -0.15) is 0 Å². The van der Waals surface area contributed by atoms with Gasteiger partial charge in [0.25, 0.3) is 0 Å². The standard InChI is InChI=1S/C20H22N4/c1-14-6-5-8-16(12-14)19-18(22-11-10-21)13-23-20(24-19)17-9-4-3-7-15(17)2/h3-9,12-13,22H,10-11,21H2,1-2H3. The van der Waals surface area contributed by atoms with E-state index in [1.165, 1.54) is 5.56 Å². The van der Waals surface area contributed by atoms with Gasteiger partial charge in [0.2, 0.25) is 0 Å². The van der Waals surface area contributed by atoms with Crippen LogP contribution in [0.3, 0.4) is 0 Å². The molecule has 0 amide bonds. The Kier molecular flexibility index (Phi) is 4.87. The van der Waals surface area contributed by atoms with Crippen LogP contribution in [0, 0.1) is 13.8 Å². The van der Waals surface area contributed by atoms with Crippen LogP contribution in [0.5, 0.6) is 0 Å². The van der Waals surface area contributed by atoms with E-state index in [0.717, 1.165) is 33.9 Å². The Labute approximate surface area is 142 Å². The zero-order valence-corrected chi connectivity index (χ0v) is 14.1. The molecule has 1 heterocycles. The molecule has 4 heteroatoms. The summed E-state index contributed by atoms with van der Waals surface area (Å²) in [6, 6.07) is 16.5. The Bertz CT molecular complexity index is 843. The number of hydrogen-bond donors (Lipinski definition) is 2. The molecular weight excluding hydrogens is 296 g/mol. The molecule has 2 aromatic carbocycles. The zero-order chi connectivity index (χ0) is 16.9. The van der Waals surface area contributed by atoms with Crippen LogP contribution in [0.25, 0.3) is 22.6 Å². The van der Waals surface area contributed by atoms with Crippen LogP contribution < -0.4 is 11.1 Å². The maximum atomic E-state index is 5.63. The van der Waals surface area contributed by atoms with Crippen molar-refractivity contribution in [3.63, 3.8) is 0 Å². The van der Waals surface area contributed by atoms with E-state index in [4.69, 9.17) is 10.7 Å². The highest BCUT2D eigenvalue weighted by molar-refractivity contribution is 5.76. The SMILES string of the molecule is Cc1cccc(-c2nc(-c3ccccc3C)ncc2NCCN)c1.